The fourth-order valence-electron chi connectivity index (χ4n) is 6.91. The van der Waals surface area contributed by atoms with E-state index in [2.05, 4.69) is 0 Å². The quantitative estimate of drug-likeness (QED) is 0.756. The van der Waals surface area contributed by atoms with Crippen molar-refractivity contribution in [3.05, 3.63) is 20.7 Å². The Bertz CT molecular complexity index is 830. The van der Waals surface area contributed by atoms with Crippen LogP contribution in [-0.2, 0) is 16.1 Å². The van der Waals surface area contributed by atoms with Crippen molar-refractivity contribution in [1.29, 1.82) is 0 Å². The van der Waals surface area contributed by atoms with Crippen molar-refractivity contribution >= 4 is 23.2 Å². The van der Waals surface area contributed by atoms with E-state index in [1.165, 1.54) is 30.6 Å². The summed E-state index contributed by atoms with van der Waals surface area (Å²) in [7, 11) is 0. The van der Waals surface area contributed by atoms with Crippen LogP contribution in [0, 0.1) is 30.1 Å². The molecule has 6 nitrogen and oxygen atoms in total. The van der Waals surface area contributed by atoms with Crippen molar-refractivity contribution in [2.24, 2.45) is 23.2 Å². The lowest BCUT2D eigenvalue weighted by Gasteiger charge is -2.57. The fraction of sp³-hybridized carbons (Fsp3) is 0.773. The molecular weight excluding hydrogens is 386 g/mol. The standard InChI is InChI=1S/C22H31N3O3S/c1-15-14-29-21(28)25(15)3-2-19(26)23-4-6-24(7-5-23)20(27)22-11-16-8-17(12-22)10-18(9-16)13-22/h14,16-18H,2-13H2,1H3. The first-order valence-electron chi connectivity index (χ1n) is 11.2. The summed E-state index contributed by atoms with van der Waals surface area (Å²) in [5, 5.41) is 1.83. The van der Waals surface area contributed by atoms with Crippen LogP contribution in [0.15, 0.2) is 10.2 Å². The lowest BCUT2D eigenvalue weighted by molar-refractivity contribution is -0.160. The number of nitrogens with zero attached hydrogens (tertiary/aromatic N) is 3. The van der Waals surface area contributed by atoms with Gasteiger partial charge in [0.15, 0.2) is 0 Å². The third kappa shape index (κ3) is 3.45. The summed E-state index contributed by atoms with van der Waals surface area (Å²) in [6.45, 7) is 4.90. The average molecular weight is 418 g/mol. The molecule has 2 heterocycles. The van der Waals surface area contributed by atoms with E-state index in [0.29, 0.717) is 45.1 Å². The van der Waals surface area contributed by atoms with Gasteiger partial charge >= 0.3 is 4.87 Å². The van der Waals surface area contributed by atoms with Crippen LogP contribution in [0.1, 0.15) is 50.6 Å². The minimum Gasteiger partial charge on any atom is -0.339 e. The summed E-state index contributed by atoms with van der Waals surface area (Å²) in [5.41, 5.74) is 0.831. The summed E-state index contributed by atoms with van der Waals surface area (Å²) in [6.07, 6.45) is 7.70. The average Bonchev–Trinajstić information content (AvgIpc) is 3.02. The number of hydrogen-bond donors (Lipinski definition) is 0. The molecule has 5 aliphatic rings. The highest BCUT2D eigenvalue weighted by Crippen LogP contribution is 2.60. The van der Waals surface area contributed by atoms with Gasteiger partial charge in [0.2, 0.25) is 11.8 Å². The van der Waals surface area contributed by atoms with Gasteiger partial charge in [-0.3, -0.25) is 14.4 Å². The monoisotopic (exact) mass is 417 g/mol. The Kier molecular flexibility index (Phi) is 4.84. The highest BCUT2D eigenvalue weighted by atomic mass is 32.1. The zero-order chi connectivity index (χ0) is 20.2. The normalized spacial score (nSPS) is 33.3. The maximum atomic E-state index is 13.5. The first-order chi connectivity index (χ1) is 13.9. The molecule has 1 saturated heterocycles. The Labute approximate surface area is 175 Å². The molecule has 4 aliphatic carbocycles. The third-order valence-electron chi connectivity index (χ3n) is 7.94. The van der Waals surface area contributed by atoms with E-state index in [9.17, 15) is 14.4 Å². The lowest BCUT2D eigenvalue weighted by Crippen LogP contribution is -2.58. The van der Waals surface area contributed by atoms with E-state index in [1.807, 2.05) is 22.1 Å². The molecule has 2 amide bonds. The molecule has 158 valence electrons. The molecule has 1 aromatic rings. The number of thiazole rings is 1. The smallest absolute Gasteiger partial charge is 0.307 e. The molecule has 1 aliphatic heterocycles. The van der Waals surface area contributed by atoms with Gasteiger partial charge in [-0.25, -0.2) is 0 Å². The lowest BCUT2D eigenvalue weighted by atomic mass is 9.49. The number of rotatable bonds is 4. The molecule has 1 aromatic heterocycles. The van der Waals surface area contributed by atoms with Gasteiger partial charge in [0.05, 0.1) is 5.41 Å². The second kappa shape index (κ2) is 7.25. The zero-order valence-electron chi connectivity index (χ0n) is 17.3. The predicted molar refractivity (Wildman–Crippen MR) is 112 cm³/mol. The van der Waals surface area contributed by atoms with Crippen molar-refractivity contribution in [3.63, 3.8) is 0 Å². The summed E-state index contributed by atoms with van der Waals surface area (Å²) >= 11 is 1.18. The summed E-state index contributed by atoms with van der Waals surface area (Å²) in [5.74, 6) is 2.79. The summed E-state index contributed by atoms with van der Waals surface area (Å²) in [6, 6.07) is 0. The van der Waals surface area contributed by atoms with Gasteiger partial charge in [0.25, 0.3) is 0 Å². The predicted octanol–water partition coefficient (Wildman–Crippen LogP) is 2.50. The molecule has 4 saturated carbocycles. The topological polar surface area (TPSA) is 62.6 Å². The Morgan fingerprint density at radius 1 is 1.00 bits per heavy atom. The van der Waals surface area contributed by atoms with E-state index in [-0.39, 0.29) is 16.2 Å². The number of aryl methyl sites for hydroxylation is 1. The number of piperazine rings is 1. The Morgan fingerprint density at radius 2 is 1.55 bits per heavy atom. The zero-order valence-corrected chi connectivity index (χ0v) is 18.1. The molecule has 6 rings (SSSR count). The van der Waals surface area contributed by atoms with Crippen LogP contribution in [0.5, 0.6) is 0 Å². The number of carbonyl (C=O) groups excluding carboxylic acids is 2. The van der Waals surface area contributed by atoms with Gasteiger partial charge in [-0.2, -0.15) is 0 Å². The van der Waals surface area contributed by atoms with Gasteiger partial charge in [-0.15, -0.1) is 0 Å². The molecule has 0 spiro atoms. The van der Waals surface area contributed by atoms with Gasteiger partial charge in [0.1, 0.15) is 0 Å². The molecular formula is C22H31N3O3S. The van der Waals surface area contributed by atoms with Crippen LogP contribution < -0.4 is 4.87 Å². The van der Waals surface area contributed by atoms with Gasteiger partial charge in [-0.1, -0.05) is 11.3 Å². The minimum absolute atomic E-state index is 0.00119. The van der Waals surface area contributed by atoms with Crippen molar-refractivity contribution in [1.82, 2.24) is 14.4 Å². The highest BCUT2D eigenvalue weighted by Gasteiger charge is 2.55. The first-order valence-corrected chi connectivity index (χ1v) is 12.0. The third-order valence-corrected chi connectivity index (χ3v) is 8.82. The van der Waals surface area contributed by atoms with Crippen molar-refractivity contribution < 1.29 is 9.59 Å². The molecule has 0 atom stereocenters. The maximum absolute atomic E-state index is 13.5. The number of hydrogen-bond acceptors (Lipinski definition) is 4. The van der Waals surface area contributed by atoms with Crippen LogP contribution in [0.4, 0.5) is 0 Å². The molecule has 0 unspecified atom stereocenters. The molecule has 0 aromatic carbocycles. The maximum Gasteiger partial charge on any atom is 0.307 e. The Balaban J connectivity index is 1.16. The van der Waals surface area contributed by atoms with Crippen LogP contribution >= 0.6 is 11.3 Å². The molecule has 0 radical (unpaired) electrons. The van der Waals surface area contributed by atoms with E-state index >= 15 is 0 Å². The summed E-state index contributed by atoms with van der Waals surface area (Å²) < 4.78 is 1.68. The van der Waals surface area contributed by atoms with Crippen LogP contribution in [0.25, 0.3) is 0 Å². The second-order valence-electron chi connectivity index (χ2n) is 9.92. The van der Waals surface area contributed by atoms with Crippen molar-refractivity contribution in [2.75, 3.05) is 26.2 Å². The van der Waals surface area contributed by atoms with Crippen LogP contribution in [0.3, 0.4) is 0 Å². The van der Waals surface area contributed by atoms with Gasteiger partial charge < -0.3 is 14.4 Å². The first kappa shape index (κ1) is 19.3. The second-order valence-corrected chi connectivity index (χ2v) is 10.7. The van der Waals surface area contributed by atoms with Crippen molar-refractivity contribution in [3.8, 4) is 0 Å². The number of aromatic nitrogens is 1. The number of carbonyl (C=O) groups is 2. The van der Waals surface area contributed by atoms with Crippen LogP contribution in [0.2, 0.25) is 0 Å². The highest BCUT2D eigenvalue weighted by molar-refractivity contribution is 7.07. The van der Waals surface area contributed by atoms with E-state index in [1.54, 1.807) is 4.57 Å². The molecule has 7 heteroatoms. The molecule has 5 fully saturated rings. The molecule has 0 N–H and O–H groups in total. The number of amides is 2. The van der Waals surface area contributed by atoms with E-state index in [4.69, 9.17) is 0 Å². The van der Waals surface area contributed by atoms with E-state index < -0.39 is 0 Å². The van der Waals surface area contributed by atoms with Crippen molar-refractivity contribution in [2.45, 2.75) is 58.4 Å². The molecule has 4 bridgehead atoms. The molecule has 29 heavy (non-hydrogen) atoms. The summed E-state index contributed by atoms with van der Waals surface area (Å²) in [4.78, 5) is 41.8. The van der Waals surface area contributed by atoms with Gasteiger partial charge in [-0.05, 0) is 63.2 Å². The Hall–Kier alpha value is -1.63. The fourth-order valence-corrected chi connectivity index (χ4v) is 7.67. The minimum atomic E-state index is -0.0848. The van der Waals surface area contributed by atoms with Gasteiger partial charge in [0, 0.05) is 50.2 Å². The largest absolute Gasteiger partial charge is 0.339 e. The van der Waals surface area contributed by atoms with Crippen LogP contribution in [-0.4, -0.2) is 52.4 Å². The SMILES string of the molecule is Cc1csc(=O)n1CCC(=O)N1CCN(C(=O)C23CC4CC(CC(C4)C2)C3)CC1. The van der Waals surface area contributed by atoms with E-state index in [0.717, 1.165) is 42.7 Å². The Morgan fingerprint density at radius 3 is 2.07 bits per heavy atom.